The summed E-state index contributed by atoms with van der Waals surface area (Å²) in [7, 11) is 3.32. The number of likely N-dealkylation sites (N-methyl/N-ethyl adjacent to an activating group) is 1. The molecule has 3 rings (SSSR count). The summed E-state index contributed by atoms with van der Waals surface area (Å²) < 4.78 is 10.7. The predicted molar refractivity (Wildman–Crippen MR) is 86.6 cm³/mol. The number of nitrogens with zero attached hydrogens (tertiary/aromatic N) is 3. The van der Waals surface area contributed by atoms with Gasteiger partial charge in [0.15, 0.2) is 5.58 Å². The number of fused-ring (bicyclic) bond motifs is 1. The minimum atomic E-state index is -0.475. The Morgan fingerprint density at radius 2 is 2.25 bits per heavy atom. The van der Waals surface area contributed by atoms with Gasteiger partial charge in [0.25, 0.3) is 0 Å². The molecule has 24 heavy (non-hydrogen) atoms. The van der Waals surface area contributed by atoms with E-state index in [1.807, 2.05) is 0 Å². The lowest BCUT2D eigenvalue weighted by Gasteiger charge is -2.37. The maximum Gasteiger partial charge on any atom is 0.318 e. The van der Waals surface area contributed by atoms with Crippen LogP contribution < -0.4 is 10.1 Å². The maximum absolute atomic E-state index is 12.3. The molecule has 0 saturated carbocycles. The quantitative estimate of drug-likeness (QED) is 0.913. The summed E-state index contributed by atoms with van der Waals surface area (Å²) >= 11 is 0. The van der Waals surface area contributed by atoms with Crippen molar-refractivity contribution in [3.05, 3.63) is 24.1 Å². The van der Waals surface area contributed by atoms with Gasteiger partial charge in [-0.05, 0) is 19.1 Å². The first-order chi connectivity index (χ1) is 11.5. The van der Waals surface area contributed by atoms with Crippen molar-refractivity contribution in [2.24, 2.45) is 0 Å². The summed E-state index contributed by atoms with van der Waals surface area (Å²) in [6, 6.07) is 4.55. The number of carbonyl (C=O) groups excluding carboxylic acids is 2. The number of methoxy groups -OCH3 is 1. The second-order valence-corrected chi connectivity index (χ2v) is 5.73. The Morgan fingerprint density at radius 3 is 3.00 bits per heavy atom. The van der Waals surface area contributed by atoms with Gasteiger partial charge in [-0.1, -0.05) is 0 Å². The van der Waals surface area contributed by atoms with Crippen molar-refractivity contribution in [3.8, 4) is 5.75 Å². The largest absolute Gasteiger partial charge is 0.497 e. The first kappa shape index (κ1) is 16.1. The Labute approximate surface area is 139 Å². The van der Waals surface area contributed by atoms with E-state index in [-0.39, 0.29) is 18.5 Å². The Morgan fingerprint density at radius 1 is 1.46 bits per heavy atom. The summed E-state index contributed by atoms with van der Waals surface area (Å²) in [4.78, 5) is 31.7. The average Bonchev–Trinajstić information content (AvgIpc) is 2.99. The number of benzene rings is 1. The van der Waals surface area contributed by atoms with Gasteiger partial charge in [0.05, 0.1) is 13.7 Å². The number of amides is 3. The van der Waals surface area contributed by atoms with Crippen molar-refractivity contribution in [1.29, 1.82) is 0 Å². The normalized spacial score (nSPS) is 18.1. The fraction of sp³-hybridized carbons (Fsp3) is 0.438. The molecule has 1 aromatic heterocycles. The fourth-order valence-electron chi connectivity index (χ4n) is 2.70. The molecule has 0 aliphatic carbocycles. The molecule has 1 aromatic carbocycles. The zero-order chi connectivity index (χ0) is 17.3. The van der Waals surface area contributed by atoms with E-state index in [1.54, 1.807) is 44.2 Å². The van der Waals surface area contributed by atoms with Crippen LogP contribution in [0.1, 0.15) is 12.8 Å². The average molecular weight is 332 g/mol. The van der Waals surface area contributed by atoms with Crippen molar-refractivity contribution < 1.29 is 18.7 Å². The molecule has 1 saturated heterocycles. The third-order valence-electron chi connectivity index (χ3n) is 4.17. The predicted octanol–water partition coefficient (Wildman–Crippen LogP) is 1.21. The molecular formula is C16H20N4O4. The monoisotopic (exact) mass is 332 g/mol. The van der Waals surface area contributed by atoms with Crippen molar-refractivity contribution in [2.45, 2.75) is 19.5 Å². The number of hydrogen-bond acceptors (Lipinski definition) is 5. The summed E-state index contributed by atoms with van der Waals surface area (Å²) in [5, 5.41) is 2.75. The van der Waals surface area contributed by atoms with Gasteiger partial charge in [0.1, 0.15) is 17.3 Å². The van der Waals surface area contributed by atoms with Crippen molar-refractivity contribution in [3.63, 3.8) is 0 Å². The number of aromatic nitrogens is 1. The van der Waals surface area contributed by atoms with Crippen LogP contribution in [0.2, 0.25) is 0 Å². The lowest BCUT2D eigenvalue weighted by Crippen LogP contribution is -2.58. The Hall–Kier alpha value is -2.77. The molecule has 1 N–H and O–H groups in total. The van der Waals surface area contributed by atoms with E-state index in [2.05, 4.69) is 10.3 Å². The molecule has 8 heteroatoms. The van der Waals surface area contributed by atoms with E-state index in [4.69, 9.17) is 9.15 Å². The first-order valence-electron chi connectivity index (χ1n) is 7.72. The summed E-state index contributed by atoms with van der Waals surface area (Å²) in [5.41, 5.74) is 1.30. The lowest BCUT2D eigenvalue weighted by atomic mass is 10.2. The van der Waals surface area contributed by atoms with Gasteiger partial charge in [0, 0.05) is 26.2 Å². The van der Waals surface area contributed by atoms with Crippen LogP contribution in [0, 0.1) is 0 Å². The summed E-state index contributed by atoms with van der Waals surface area (Å²) in [6.07, 6.45) is 0. The van der Waals surface area contributed by atoms with Crippen molar-refractivity contribution >= 4 is 23.0 Å². The zero-order valence-corrected chi connectivity index (χ0v) is 13.9. The molecule has 0 spiro atoms. The molecule has 128 valence electrons. The minimum Gasteiger partial charge on any atom is -0.497 e. The number of oxazole rings is 1. The topological polar surface area (TPSA) is 87.9 Å². The molecule has 2 heterocycles. The molecule has 8 nitrogen and oxygen atoms in total. The van der Waals surface area contributed by atoms with Gasteiger partial charge < -0.3 is 24.3 Å². The number of urea groups is 1. The summed E-state index contributed by atoms with van der Waals surface area (Å²) in [5.74, 6) is 1.03. The van der Waals surface area contributed by atoms with Gasteiger partial charge in [-0.25, -0.2) is 9.78 Å². The van der Waals surface area contributed by atoms with E-state index in [0.29, 0.717) is 35.8 Å². The molecule has 0 unspecified atom stereocenters. The highest BCUT2D eigenvalue weighted by Crippen LogP contribution is 2.21. The number of carbonyl (C=O) groups is 2. The van der Waals surface area contributed by atoms with Crippen LogP contribution in [0.4, 0.5) is 4.79 Å². The molecule has 0 bridgehead atoms. The van der Waals surface area contributed by atoms with Crippen LogP contribution in [-0.4, -0.2) is 60.0 Å². The minimum absolute atomic E-state index is 0.0645. The van der Waals surface area contributed by atoms with E-state index in [0.717, 1.165) is 0 Å². The molecule has 1 atom stereocenters. The third kappa shape index (κ3) is 2.99. The number of nitrogens with one attached hydrogen (secondary N) is 1. The van der Waals surface area contributed by atoms with Crippen molar-refractivity contribution in [2.75, 3.05) is 27.2 Å². The zero-order valence-electron chi connectivity index (χ0n) is 13.9. The van der Waals surface area contributed by atoms with Gasteiger partial charge in [0.2, 0.25) is 11.8 Å². The van der Waals surface area contributed by atoms with Gasteiger partial charge in [-0.3, -0.25) is 4.79 Å². The number of rotatable bonds is 3. The fourth-order valence-corrected chi connectivity index (χ4v) is 2.70. The van der Waals surface area contributed by atoms with Gasteiger partial charge in [-0.15, -0.1) is 0 Å². The van der Waals surface area contributed by atoms with Crippen LogP contribution in [0.15, 0.2) is 22.6 Å². The SMILES string of the molecule is COc1ccc2oc(CNC(=O)N3CCN(C)C(=O)[C@@H]3C)nc2c1. The summed E-state index contributed by atoms with van der Waals surface area (Å²) in [6.45, 7) is 2.91. The van der Waals surface area contributed by atoms with E-state index in [9.17, 15) is 9.59 Å². The van der Waals surface area contributed by atoms with Crippen LogP contribution >= 0.6 is 0 Å². The molecular weight excluding hydrogens is 312 g/mol. The number of ether oxygens (including phenoxy) is 1. The second-order valence-electron chi connectivity index (χ2n) is 5.73. The van der Waals surface area contributed by atoms with E-state index < -0.39 is 6.04 Å². The molecule has 1 aliphatic rings. The van der Waals surface area contributed by atoms with Gasteiger partial charge >= 0.3 is 6.03 Å². The molecule has 0 radical (unpaired) electrons. The number of hydrogen-bond donors (Lipinski definition) is 1. The van der Waals surface area contributed by atoms with Crippen LogP contribution in [-0.2, 0) is 11.3 Å². The Kier molecular flexibility index (Phi) is 4.28. The van der Waals surface area contributed by atoms with Crippen LogP contribution in [0.5, 0.6) is 5.75 Å². The Balaban J connectivity index is 1.65. The second kappa shape index (κ2) is 6.38. The highest BCUT2D eigenvalue weighted by molar-refractivity contribution is 5.87. The molecule has 1 aliphatic heterocycles. The smallest absolute Gasteiger partial charge is 0.318 e. The first-order valence-corrected chi connectivity index (χ1v) is 7.72. The van der Waals surface area contributed by atoms with E-state index in [1.165, 1.54) is 4.90 Å². The molecule has 2 aromatic rings. The highest BCUT2D eigenvalue weighted by Gasteiger charge is 2.32. The Bertz CT molecular complexity index is 773. The van der Waals surface area contributed by atoms with Gasteiger partial charge in [-0.2, -0.15) is 0 Å². The van der Waals surface area contributed by atoms with Crippen LogP contribution in [0.3, 0.4) is 0 Å². The maximum atomic E-state index is 12.3. The highest BCUT2D eigenvalue weighted by atomic mass is 16.5. The van der Waals surface area contributed by atoms with Crippen molar-refractivity contribution in [1.82, 2.24) is 20.1 Å². The lowest BCUT2D eigenvalue weighted by molar-refractivity contribution is -0.137. The molecule has 1 fully saturated rings. The van der Waals surface area contributed by atoms with E-state index >= 15 is 0 Å². The van der Waals surface area contributed by atoms with Crippen LogP contribution in [0.25, 0.3) is 11.1 Å². The standard InChI is InChI=1S/C16H20N4O4/c1-10-15(21)19(2)6-7-20(10)16(22)17-9-14-18-12-8-11(23-3)4-5-13(12)24-14/h4-5,8,10H,6-7,9H2,1-3H3,(H,17,22)/t10-/m0/s1. The third-order valence-corrected chi connectivity index (χ3v) is 4.17. The molecule has 3 amide bonds. The number of piperazine rings is 1.